The Morgan fingerprint density at radius 1 is 1.45 bits per heavy atom. The Kier molecular flexibility index (Phi) is 4.27. The van der Waals surface area contributed by atoms with Gasteiger partial charge in [0.2, 0.25) is 0 Å². The summed E-state index contributed by atoms with van der Waals surface area (Å²) in [6.45, 7) is 1.07. The lowest BCUT2D eigenvalue weighted by Crippen LogP contribution is -2.24. The molecule has 1 aliphatic heterocycles. The van der Waals surface area contributed by atoms with Crippen molar-refractivity contribution in [2.45, 2.75) is 12.6 Å². The molecule has 110 valence electrons. The van der Waals surface area contributed by atoms with E-state index in [2.05, 4.69) is 20.7 Å². The minimum Gasteiger partial charge on any atom is -0.469 e. The summed E-state index contributed by atoms with van der Waals surface area (Å²) in [5.41, 5.74) is -0.0405. The molecule has 0 bridgehead atoms. The third-order valence-electron chi connectivity index (χ3n) is 3.34. The van der Waals surface area contributed by atoms with E-state index in [0.717, 1.165) is 12.1 Å². The van der Waals surface area contributed by atoms with Gasteiger partial charge < -0.3 is 9.64 Å². The molecule has 0 N–H and O–H groups in total. The van der Waals surface area contributed by atoms with Crippen molar-refractivity contribution in [3.63, 3.8) is 0 Å². The molecule has 1 aliphatic rings. The topological polar surface area (TPSA) is 29.5 Å². The van der Waals surface area contributed by atoms with E-state index in [0.29, 0.717) is 29.7 Å². The number of rotatable bonds is 2. The molecule has 1 heterocycles. The van der Waals surface area contributed by atoms with E-state index < -0.39 is 11.7 Å². The summed E-state index contributed by atoms with van der Waals surface area (Å²) in [5.74, 6) is -0.510. The number of benzene rings is 1. The van der Waals surface area contributed by atoms with Crippen LogP contribution in [-0.2, 0) is 15.7 Å². The minimum absolute atomic E-state index is 0.228. The van der Waals surface area contributed by atoms with Crippen LogP contribution in [0, 0.1) is 5.92 Å². The van der Waals surface area contributed by atoms with E-state index in [4.69, 9.17) is 0 Å². The lowest BCUT2D eigenvalue weighted by molar-refractivity contribution is -0.144. The van der Waals surface area contributed by atoms with Crippen molar-refractivity contribution in [3.8, 4) is 0 Å². The molecule has 0 radical (unpaired) electrons. The highest BCUT2D eigenvalue weighted by atomic mass is 79.9. The van der Waals surface area contributed by atoms with Gasteiger partial charge >= 0.3 is 12.1 Å². The fourth-order valence-electron chi connectivity index (χ4n) is 2.28. The summed E-state index contributed by atoms with van der Waals surface area (Å²) in [4.78, 5) is 13.3. The fraction of sp³-hybridized carbons (Fsp3) is 0.462. The van der Waals surface area contributed by atoms with Crippen LogP contribution in [0.1, 0.15) is 12.0 Å². The van der Waals surface area contributed by atoms with Crippen LogP contribution in [0.4, 0.5) is 18.9 Å². The molecule has 0 aliphatic carbocycles. The molecule has 0 amide bonds. The van der Waals surface area contributed by atoms with E-state index in [9.17, 15) is 18.0 Å². The molecule has 3 nitrogen and oxygen atoms in total. The van der Waals surface area contributed by atoms with Crippen LogP contribution in [0.15, 0.2) is 22.7 Å². The van der Waals surface area contributed by atoms with Gasteiger partial charge in [-0.3, -0.25) is 4.79 Å². The van der Waals surface area contributed by atoms with Gasteiger partial charge in [-0.05, 0) is 40.5 Å². The van der Waals surface area contributed by atoms with Gasteiger partial charge in [-0.25, -0.2) is 0 Å². The number of ether oxygens (including phenoxy) is 1. The number of anilines is 1. The van der Waals surface area contributed by atoms with Crippen molar-refractivity contribution in [3.05, 3.63) is 28.2 Å². The largest absolute Gasteiger partial charge is 0.469 e. The Bertz CT molecular complexity index is 519. The highest BCUT2D eigenvalue weighted by molar-refractivity contribution is 9.10. The SMILES string of the molecule is COC(=O)C1CCN(c2ccc(C(F)(F)F)cc2Br)C1. The third-order valence-corrected chi connectivity index (χ3v) is 3.97. The quantitative estimate of drug-likeness (QED) is 0.764. The molecule has 1 atom stereocenters. The van der Waals surface area contributed by atoms with Crippen LogP contribution >= 0.6 is 15.9 Å². The van der Waals surface area contributed by atoms with Crippen molar-refractivity contribution >= 4 is 27.6 Å². The molecule has 2 rings (SSSR count). The van der Waals surface area contributed by atoms with Gasteiger partial charge in [0.05, 0.1) is 24.3 Å². The number of alkyl halides is 3. The maximum absolute atomic E-state index is 12.6. The summed E-state index contributed by atoms with van der Waals surface area (Å²) in [6, 6.07) is 3.53. The first-order valence-electron chi connectivity index (χ1n) is 6.02. The molecule has 0 saturated carbocycles. The van der Waals surface area contributed by atoms with Crippen LogP contribution in [0.2, 0.25) is 0 Å². The number of carbonyl (C=O) groups excluding carboxylic acids is 1. The average molecular weight is 352 g/mol. The van der Waals surface area contributed by atoms with Crippen molar-refractivity contribution in [2.24, 2.45) is 5.92 Å². The van der Waals surface area contributed by atoms with Gasteiger partial charge in [-0.15, -0.1) is 0 Å². The minimum atomic E-state index is -4.36. The van der Waals surface area contributed by atoms with Gasteiger partial charge in [0.1, 0.15) is 0 Å². The Hall–Kier alpha value is -1.24. The number of hydrogen-bond donors (Lipinski definition) is 0. The number of methoxy groups -OCH3 is 1. The molecule has 1 saturated heterocycles. The normalized spacial score (nSPS) is 19.2. The zero-order chi connectivity index (χ0) is 14.9. The van der Waals surface area contributed by atoms with Gasteiger partial charge in [0, 0.05) is 17.6 Å². The Morgan fingerprint density at radius 2 is 2.15 bits per heavy atom. The van der Waals surface area contributed by atoms with Crippen molar-refractivity contribution in [2.75, 3.05) is 25.1 Å². The molecule has 0 spiro atoms. The highest BCUT2D eigenvalue weighted by Gasteiger charge is 2.33. The molecule has 1 fully saturated rings. The smallest absolute Gasteiger partial charge is 0.416 e. The molecule has 7 heteroatoms. The van der Waals surface area contributed by atoms with E-state index in [1.54, 1.807) is 0 Å². The summed E-state index contributed by atoms with van der Waals surface area (Å²) < 4.78 is 42.8. The van der Waals surface area contributed by atoms with Crippen LogP contribution < -0.4 is 4.90 Å². The summed E-state index contributed by atoms with van der Waals surface area (Å²) in [6.07, 6.45) is -3.72. The first-order chi connectivity index (χ1) is 9.32. The summed E-state index contributed by atoms with van der Waals surface area (Å²) >= 11 is 3.17. The molecule has 1 aromatic rings. The van der Waals surface area contributed by atoms with E-state index in [-0.39, 0.29) is 11.9 Å². The van der Waals surface area contributed by atoms with Crippen LogP contribution in [0.5, 0.6) is 0 Å². The maximum atomic E-state index is 12.6. The number of esters is 1. The number of halogens is 4. The van der Waals surface area contributed by atoms with Crippen molar-refractivity contribution in [1.29, 1.82) is 0 Å². The summed E-state index contributed by atoms with van der Waals surface area (Å²) in [5, 5.41) is 0. The van der Waals surface area contributed by atoms with E-state index in [1.165, 1.54) is 13.2 Å². The predicted molar refractivity (Wildman–Crippen MR) is 71.5 cm³/mol. The molecule has 1 unspecified atom stereocenters. The van der Waals surface area contributed by atoms with Crippen LogP contribution in [0.25, 0.3) is 0 Å². The van der Waals surface area contributed by atoms with Gasteiger partial charge in [-0.1, -0.05) is 0 Å². The average Bonchev–Trinajstić information content (AvgIpc) is 2.86. The van der Waals surface area contributed by atoms with Crippen LogP contribution in [0.3, 0.4) is 0 Å². The van der Waals surface area contributed by atoms with E-state index in [1.807, 2.05) is 4.90 Å². The summed E-state index contributed by atoms with van der Waals surface area (Å²) in [7, 11) is 1.33. The van der Waals surface area contributed by atoms with Gasteiger partial charge in [0.25, 0.3) is 0 Å². The molecule has 0 aromatic heterocycles. The number of carbonyl (C=O) groups is 1. The van der Waals surface area contributed by atoms with E-state index >= 15 is 0 Å². The zero-order valence-electron chi connectivity index (χ0n) is 10.7. The highest BCUT2D eigenvalue weighted by Crippen LogP contribution is 2.36. The number of hydrogen-bond acceptors (Lipinski definition) is 3. The predicted octanol–water partition coefficient (Wildman–Crippen LogP) is 3.47. The Morgan fingerprint density at radius 3 is 2.70 bits per heavy atom. The second-order valence-corrected chi connectivity index (χ2v) is 5.47. The molecule has 1 aromatic carbocycles. The Balaban J connectivity index is 2.17. The van der Waals surface area contributed by atoms with Gasteiger partial charge in [0.15, 0.2) is 0 Å². The molecular formula is C13H13BrF3NO2. The lowest BCUT2D eigenvalue weighted by atomic mass is 10.1. The lowest BCUT2D eigenvalue weighted by Gasteiger charge is -2.21. The van der Waals surface area contributed by atoms with Gasteiger partial charge in [-0.2, -0.15) is 13.2 Å². The zero-order valence-corrected chi connectivity index (χ0v) is 12.3. The fourth-order valence-corrected chi connectivity index (χ4v) is 2.91. The van der Waals surface area contributed by atoms with Crippen molar-refractivity contribution in [1.82, 2.24) is 0 Å². The second-order valence-electron chi connectivity index (χ2n) is 4.62. The third kappa shape index (κ3) is 3.08. The number of nitrogens with zero attached hydrogens (tertiary/aromatic N) is 1. The van der Waals surface area contributed by atoms with Crippen molar-refractivity contribution < 1.29 is 22.7 Å². The van der Waals surface area contributed by atoms with Crippen LogP contribution in [-0.4, -0.2) is 26.2 Å². The standard InChI is InChI=1S/C13H13BrF3NO2/c1-20-12(19)8-4-5-18(7-8)11-3-2-9(6-10(11)14)13(15,16)17/h2-3,6,8H,4-5,7H2,1H3. The first kappa shape index (κ1) is 15.2. The first-order valence-corrected chi connectivity index (χ1v) is 6.81. The molecule has 20 heavy (non-hydrogen) atoms. The monoisotopic (exact) mass is 351 g/mol. The second kappa shape index (κ2) is 5.63. The Labute approximate surface area is 122 Å². The maximum Gasteiger partial charge on any atom is 0.416 e. The molecular weight excluding hydrogens is 339 g/mol.